The van der Waals surface area contributed by atoms with Crippen LogP contribution in [0.3, 0.4) is 0 Å². The molecule has 0 radical (unpaired) electrons. The van der Waals surface area contributed by atoms with E-state index in [1.54, 1.807) is 7.11 Å². The number of rotatable bonds is 8. The van der Waals surface area contributed by atoms with Crippen molar-refractivity contribution < 1.29 is 19.1 Å². The highest BCUT2D eigenvalue weighted by atomic mass is 16.5. The van der Waals surface area contributed by atoms with E-state index in [2.05, 4.69) is 10.6 Å². The number of aryl methyl sites for hydroxylation is 2. The van der Waals surface area contributed by atoms with E-state index in [0.29, 0.717) is 30.7 Å². The van der Waals surface area contributed by atoms with Gasteiger partial charge in [-0.15, -0.1) is 0 Å². The van der Waals surface area contributed by atoms with Crippen LogP contribution in [0.25, 0.3) is 0 Å². The number of hydrogen-bond acceptors (Lipinski definition) is 4. The summed E-state index contributed by atoms with van der Waals surface area (Å²) in [5.74, 6) is -0.854. The second-order valence-corrected chi connectivity index (χ2v) is 7.43. The summed E-state index contributed by atoms with van der Waals surface area (Å²) in [7, 11) is 1.59. The van der Waals surface area contributed by atoms with Gasteiger partial charge in [0.15, 0.2) is 5.54 Å². The first-order valence-corrected chi connectivity index (χ1v) is 9.93. The molecule has 30 heavy (non-hydrogen) atoms. The largest absolute Gasteiger partial charge is 0.385 e. The Labute approximate surface area is 176 Å². The van der Waals surface area contributed by atoms with Gasteiger partial charge in [0.25, 0.3) is 5.91 Å². The van der Waals surface area contributed by atoms with Crippen molar-refractivity contribution in [3.63, 3.8) is 0 Å². The molecule has 0 aromatic heterocycles. The zero-order chi connectivity index (χ0) is 21.7. The number of carbonyl (C=O) groups excluding carboxylic acids is 3. The molecule has 0 unspecified atom stereocenters. The third kappa shape index (κ3) is 4.07. The maximum absolute atomic E-state index is 13.6. The quantitative estimate of drug-likeness (QED) is 0.517. The van der Waals surface area contributed by atoms with Crippen LogP contribution in [0.4, 0.5) is 4.79 Å². The van der Waals surface area contributed by atoms with Gasteiger partial charge < -0.3 is 15.4 Å². The number of hydrogen-bond donors (Lipinski definition) is 2. The van der Waals surface area contributed by atoms with Gasteiger partial charge in [0.1, 0.15) is 6.54 Å². The highest BCUT2D eigenvalue weighted by Gasteiger charge is 2.54. The zero-order valence-electron chi connectivity index (χ0n) is 17.5. The third-order valence-electron chi connectivity index (χ3n) is 5.40. The predicted octanol–water partition coefficient (Wildman–Crippen LogP) is 2.25. The van der Waals surface area contributed by atoms with Crippen LogP contribution in [-0.2, 0) is 19.9 Å². The second-order valence-electron chi connectivity index (χ2n) is 7.43. The number of urea groups is 1. The van der Waals surface area contributed by atoms with E-state index in [0.717, 1.165) is 16.0 Å². The summed E-state index contributed by atoms with van der Waals surface area (Å²) in [4.78, 5) is 39.7. The second kappa shape index (κ2) is 9.09. The molecule has 1 saturated heterocycles. The maximum Gasteiger partial charge on any atom is 0.326 e. The normalized spacial score (nSPS) is 18.4. The van der Waals surface area contributed by atoms with Crippen LogP contribution in [-0.4, -0.2) is 49.6 Å². The Balaban J connectivity index is 1.93. The lowest BCUT2D eigenvalue weighted by Gasteiger charge is -2.28. The topological polar surface area (TPSA) is 87.7 Å². The van der Waals surface area contributed by atoms with Crippen molar-refractivity contribution >= 4 is 17.8 Å². The molecule has 2 aromatic rings. The number of benzene rings is 2. The van der Waals surface area contributed by atoms with E-state index in [9.17, 15) is 14.4 Å². The summed E-state index contributed by atoms with van der Waals surface area (Å²) in [6, 6.07) is 14.2. The van der Waals surface area contributed by atoms with Crippen LogP contribution in [0.15, 0.2) is 48.5 Å². The fourth-order valence-corrected chi connectivity index (χ4v) is 3.58. The average molecular weight is 409 g/mol. The van der Waals surface area contributed by atoms with Gasteiger partial charge in [0, 0.05) is 20.3 Å². The van der Waals surface area contributed by atoms with Crippen molar-refractivity contribution in [2.45, 2.75) is 25.8 Å². The molecule has 4 amide bonds. The molecule has 0 saturated carbocycles. The van der Waals surface area contributed by atoms with E-state index in [1.165, 1.54) is 0 Å². The molecule has 1 atom stereocenters. The third-order valence-corrected chi connectivity index (χ3v) is 5.40. The number of ether oxygens (including phenoxy) is 1. The Bertz CT molecular complexity index is 945. The molecule has 1 heterocycles. The molecule has 3 rings (SSSR count). The molecule has 0 spiro atoms. The van der Waals surface area contributed by atoms with E-state index >= 15 is 0 Å². The number of amides is 4. The minimum absolute atomic E-state index is 0.336. The first-order chi connectivity index (χ1) is 14.4. The highest BCUT2D eigenvalue weighted by Crippen LogP contribution is 2.36. The number of imide groups is 1. The minimum atomic E-state index is -1.37. The molecule has 1 fully saturated rings. The van der Waals surface area contributed by atoms with Crippen LogP contribution in [0.1, 0.15) is 28.7 Å². The molecule has 2 N–H and O–H groups in total. The molecule has 1 aliphatic rings. The van der Waals surface area contributed by atoms with Crippen LogP contribution in [0.5, 0.6) is 0 Å². The van der Waals surface area contributed by atoms with Crippen LogP contribution >= 0.6 is 0 Å². The van der Waals surface area contributed by atoms with Gasteiger partial charge in [-0.2, -0.15) is 0 Å². The van der Waals surface area contributed by atoms with Crippen molar-refractivity contribution in [1.29, 1.82) is 0 Å². The van der Waals surface area contributed by atoms with Crippen molar-refractivity contribution in [2.75, 3.05) is 26.8 Å². The van der Waals surface area contributed by atoms with Gasteiger partial charge in [0.05, 0.1) is 0 Å². The number of methoxy groups -OCH3 is 1. The van der Waals surface area contributed by atoms with Gasteiger partial charge in [-0.05, 0) is 42.5 Å². The van der Waals surface area contributed by atoms with Crippen LogP contribution in [0.2, 0.25) is 0 Å². The van der Waals surface area contributed by atoms with Crippen LogP contribution < -0.4 is 10.6 Å². The monoisotopic (exact) mass is 409 g/mol. The average Bonchev–Trinajstić information content (AvgIpc) is 2.99. The van der Waals surface area contributed by atoms with Crippen molar-refractivity contribution in [3.05, 3.63) is 70.8 Å². The Morgan fingerprint density at radius 1 is 1.07 bits per heavy atom. The molecular weight excluding hydrogens is 382 g/mol. The summed E-state index contributed by atoms with van der Waals surface area (Å²) in [5.41, 5.74) is 2.05. The molecule has 158 valence electrons. The number of nitrogens with zero attached hydrogens (tertiary/aromatic N) is 1. The number of nitrogens with one attached hydrogen (secondary N) is 2. The lowest BCUT2D eigenvalue weighted by molar-refractivity contribution is -0.134. The van der Waals surface area contributed by atoms with Crippen molar-refractivity contribution in [1.82, 2.24) is 15.5 Å². The fraction of sp³-hybridized carbons (Fsp3) is 0.348. The molecule has 0 bridgehead atoms. The molecule has 1 aliphatic heterocycles. The summed E-state index contributed by atoms with van der Waals surface area (Å²) in [6.07, 6.45) is 0.652. The molecule has 7 nitrogen and oxygen atoms in total. The summed E-state index contributed by atoms with van der Waals surface area (Å²) in [6.45, 7) is 4.55. The molecular formula is C23H27N3O4. The molecule has 2 aromatic carbocycles. The fourth-order valence-electron chi connectivity index (χ4n) is 3.58. The summed E-state index contributed by atoms with van der Waals surface area (Å²) >= 11 is 0. The summed E-state index contributed by atoms with van der Waals surface area (Å²) in [5, 5.41) is 5.58. The summed E-state index contributed by atoms with van der Waals surface area (Å²) < 4.78 is 4.95. The maximum atomic E-state index is 13.6. The van der Waals surface area contributed by atoms with Gasteiger partial charge in [0.2, 0.25) is 5.91 Å². The van der Waals surface area contributed by atoms with Gasteiger partial charge in [-0.3, -0.25) is 14.5 Å². The van der Waals surface area contributed by atoms with E-state index in [4.69, 9.17) is 4.74 Å². The lowest BCUT2D eigenvalue weighted by atomic mass is 9.81. The van der Waals surface area contributed by atoms with Gasteiger partial charge >= 0.3 is 6.03 Å². The number of carbonyl (C=O) groups is 3. The SMILES string of the molecule is COCCCNC(=O)CN1C(=O)N[C@@](c2ccccc2)(c2ccc(C)c(C)c2)C1=O. The minimum Gasteiger partial charge on any atom is -0.385 e. The van der Waals surface area contributed by atoms with Gasteiger partial charge in [-0.1, -0.05) is 48.5 Å². The Morgan fingerprint density at radius 2 is 1.80 bits per heavy atom. The molecule has 0 aliphatic carbocycles. The standard InChI is InChI=1S/C23H27N3O4/c1-16-10-11-19(14-17(16)2)23(18-8-5-4-6-9-18)21(28)26(22(29)25-23)15-20(27)24-12-7-13-30-3/h4-6,8-11,14H,7,12-13,15H2,1-3H3,(H,24,27)(H,25,29)/t23-/m0/s1. The van der Waals surface area contributed by atoms with Crippen molar-refractivity contribution in [3.8, 4) is 0 Å². The Morgan fingerprint density at radius 3 is 2.47 bits per heavy atom. The first kappa shape index (κ1) is 21.5. The van der Waals surface area contributed by atoms with E-state index in [-0.39, 0.29) is 6.54 Å². The Kier molecular flexibility index (Phi) is 6.52. The highest BCUT2D eigenvalue weighted by molar-refractivity contribution is 6.11. The smallest absolute Gasteiger partial charge is 0.326 e. The van der Waals surface area contributed by atoms with E-state index < -0.39 is 23.4 Å². The Hall–Kier alpha value is -3.19. The predicted molar refractivity (Wildman–Crippen MR) is 113 cm³/mol. The zero-order valence-corrected chi connectivity index (χ0v) is 17.5. The van der Waals surface area contributed by atoms with E-state index in [1.807, 2.05) is 62.4 Å². The van der Waals surface area contributed by atoms with Crippen LogP contribution in [0, 0.1) is 13.8 Å². The lowest BCUT2D eigenvalue weighted by Crippen LogP contribution is -2.46. The van der Waals surface area contributed by atoms with Crippen molar-refractivity contribution in [2.24, 2.45) is 0 Å². The molecule has 7 heteroatoms. The first-order valence-electron chi connectivity index (χ1n) is 9.93. The van der Waals surface area contributed by atoms with Gasteiger partial charge in [-0.25, -0.2) is 4.79 Å².